The first-order valence-corrected chi connectivity index (χ1v) is 3.32. The molecule has 0 radical (unpaired) electrons. The summed E-state index contributed by atoms with van der Waals surface area (Å²) in [7, 11) is 0. The normalized spacial score (nSPS) is 11.5. The highest BCUT2D eigenvalue weighted by atomic mass is 35.5. The predicted molar refractivity (Wildman–Crippen MR) is 36.9 cm³/mol. The second kappa shape index (κ2) is 4.45. The van der Waals surface area contributed by atoms with Gasteiger partial charge in [0.1, 0.15) is 5.03 Å². The molecule has 2 nitrogen and oxygen atoms in total. The van der Waals surface area contributed by atoms with E-state index >= 15 is 0 Å². The van der Waals surface area contributed by atoms with E-state index in [1.807, 2.05) is 0 Å². The highest BCUT2D eigenvalue weighted by Gasteiger charge is 2.42. The zero-order valence-corrected chi connectivity index (χ0v) is 6.95. The highest BCUT2D eigenvalue weighted by molar-refractivity contribution is 6.40. The van der Waals surface area contributed by atoms with Gasteiger partial charge >= 0.3 is 18.3 Å². The Morgan fingerprint density at radius 2 is 2.00 bits per heavy atom. The number of carbonyl (C=O) groups is 1. The van der Waals surface area contributed by atoms with E-state index in [1.165, 1.54) is 0 Å². The van der Waals surface area contributed by atoms with E-state index in [0.717, 1.165) is 0 Å². The summed E-state index contributed by atoms with van der Waals surface area (Å²) in [6, 6.07) is 0. The third kappa shape index (κ3) is 4.12. The average Bonchev–Trinajstić information content (AvgIpc) is 1.99. The first kappa shape index (κ1) is 12.2. The molecule has 0 saturated carbocycles. The second-order valence-electron chi connectivity index (χ2n) is 2.04. The Labute approximate surface area is 76.1 Å². The SMILES string of the molecule is C=C(Cl)C(=O)OCC(F)(F)C(F)F. The summed E-state index contributed by atoms with van der Waals surface area (Å²) < 4.78 is 50.8. The van der Waals surface area contributed by atoms with E-state index in [0.29, 0.717) is 0 Å². The Balaban J connectivity index is 4.02. The molecule has 0 spiro atoms. The molecule has 0 aliphatic carbocycles. The van der Waals surface area contributed by atoms with E-state index in [4.69, 9.17) is 11.6 Å². The van der Waals surface area contributed by atoms with Crippen LogP contribution in [0.3, 0.4) is 0 Å². The summed E-state index contributed by atoms with van der Waals surface area (Å²) >= 11 is 4.94. The third-order valence-electron chi connectivity index (χ3n) is 0.936. The molecule has 7 heteroatoms. The van der Waals surface area contributed by atoms with Gasteiger partial charge in [-0.2, -0.15) is 8.78 Å². The first-order chi connectivity index (χ1) is 5.77. The number of carbonyl (C=O) groups excluding carboxylic acids is 1. The number of ether oxygens (including phenoxy) is 1. The van der Waals surface area contributed by atoms with Gasteiger partial charge in [-0.1, -0.05) is 18.2 Å². The van der Waals surface area contributed by atoms with Crippen LogP contribution in [0.1, 0.15) is 0 Å². The summed E-state index contributed by atoms with van der Waals surface area (Å²) in [5, 5.41) is -0.648. The van der Waals surface area contributed by atoms with Crippen molar-refractivity contribution < 1.29 is 27.1 Å². The lowest BCUT2D eigenvalue weighted by Gasteiger charge is -2.14. The Morgan fingerprint density at radius 3 is 2.31 bits per heavy atom. The van der Waals surface area contributed by atoms with Crippen molar-refractivity contribution in [3.05, 3.63) is 11.6 Å². The van der Waals surface area contributed by atoms with E-state index in [9.17, 15) is 22.4 Å². The van der Waals surface area contributed by atoms with E-state index in [-0.39, 0.29) is 0 Å². The van der Waals surface area contributed by atoms with Crippen LogP contribution < -0.4 is 0 Å². The van der Waals surface area contributed by atoms with Crippen molar-refractivity contribution in [3.8, 4) is 0 Å². The zero-order valence-electron chi connectivity index (χ0n) is 6.20. The van der Waals surface area contributed by atoms with Crippen molar-refractivity contribution in [2.75, 3.05) is 6.61 Å². The van der Waals surface area contributed by atoms with Crippen LogP contribution in [0.15, 0.2) is 11.6 Å². The highest BCUT2D eigenvalue weighted by Crippen LogP contribution is 2.23. The molecule has 0 fully saturated rings. The Hall–Kier alpha value is -0.780. The molecule has 0 rings (SSSR count). The lowest BCUT2D eigenvalue weighted by atomic mass is 10.4. The number of esters is 1. The van der Waals surface area contributed by atoms with Gasteiger partial charge in [0.05, 0.1) is 0 Å². The van der Waals surface area contributed by atoms with Gasteiger partial charge in [0.25, 0.3) is 0 Å². The van der Waals surface area contributed by atoms with Crippen LogP contribution in [0.25, 0.3) is 0 Å². The molecule has 0 bridgehead atoms. The summed E-state index contributed by atoms with van der Waals surface area (Å²) in [6.07, 6.45) is -3.89. The lowest BCUT2D eigenvalue weighted by molar-refractivity contribution is -0.176. The van der Waals surface area contributed by atoms with Gasteiger partial charge in [0, 0.05) is 0 Å². The maximum Gasteiger partial charge on any atom is 0.349 e. The van der Waals surface area contributed by atoms with Crippen LogP contribution in [0, 0.1) is 0 Å². The number of hydrogen-bond donors (Lipinski definition) is 0. The Kier molecular flexibility index (Phi) is 4.19. The third-order valence-corrected chi connectivity index (χ3v) is 1.09. The second-order valence-corrected chi connectivity index (χ2v) is 2.50. The number of hydrogen-bond acceptors (Lipinski definition) is 2. The van der Waals surface area contributed by atoms with Crippen LogP contribution >= 0.6 is 11.6 Å². The molecular weight excluding hydrogens is 216 g/mol. The quantitative estimate of drug-likeness (QED) is 0.412. The van der Waals surface area contributed by atoms with Crippen molar-refractivity contribution in [1.82, 2.24) is 0 Å². The minimum absolute atomic E-state index is 0.648. The van der Waals surface area contributed by atoms with Crippen molar-refractivity contribution in [2.24, 2.45) is 0 Å². The zero-order chi connectivity index (χ0) is 10.6. The molecule has 0 amide bonds. The maximum atomic E-state index is 12.1. The van der Waals surface area contributed by atoms with Crippen LogP contribution in [-0.2, 0) is 9.53 Å². The fraction of sp³-hybridized carbons (Fsp3) is 0.500. The van der Waals surface area contributed by atoms with Crippen molar-refractivity contribution in [2.45, 2.75) is 12.3 Å². The summed E-state index contributed by atoms with van der Waals surface area (Å²) in [5.74, 6) is -5.70. The molecule has 0 aromatic carbocycles. The molecule has 0 aliphatic rings. The Morgan fingerprint density at radius 1 is 1.54 bits per heavy atom. The molecule has 0 saturated heterocycles. The van der Waals surface area contributed by atoms with Crippen LogP contribution in [0.5, 0.6) is 0 Å². The monoisotopic (exact) mass is 220 g/mol. The van der Waals surface area contributed by atoms with Gasteiger partial charge in [-0.05, 0) is 0 Å². The number of rotatable bonds is 4. The molecule has 0 aromatic heterocycles. The van der Waals surface area contributed by atoms with Gasteiger partial charge in [-0.3, -0.25) is 0 Å². The van der Waals surface area contributed by atoms with Crippen LogP contribution in [0.2, 0.25) is 0 Å². The summed E-state index contributed by atoms with van der Waals surface area (Å²) in [6.45, 7) is 1.15. The maximum absolute atomic E-state index is 12.1. The molecule has 0 heterocycles. The fourth-order valence-electron chi connectivity index (χ4n) is 0.303. The van der Waals surface area contributed by atoms with Gasteiger partial charge in [-0.25, -0.2) is 13.6 Å². The molecule has 0 aliphatic heterocycles. The van der Waals surface area contributed by atoms with E-state index < -0.39 is 30.0 Å². The Bertz CT molecular complexity index is 217. The first-order valence-electron chi connectivity index (χ1n) is 2.95. The molecule has 0 N–H and O–H groups in total. The van der Waals surface area contributed by atoms with Gasteiger partial charge in [0.15, 0.2) is 6.61 Å². The molecule has 0 atom stereocenters. The predicted octanol–water partition coefficient (Wildman–Crippen LogP) is 2.18. The number of alkyl halides is 4. The lowest BCUT2D eigenvalue weighted by Crippen LogP contribution is -2.33. The fourth-order valence-corrected chi connectivity index (χ4v) is 0.358. The van der Waals surface area contributed by atoms with Crippen molar-refractivity contribution in [1.29, 1.82) is 0 Å². The van der Waals surface area contributed by atoms with Gasteiger partial charge in [0.2, 0.25) is 0 Å². The molecule has 0 unspecified atom stereocenters. The molecule has 13 heavy (non-hydrogen) atoms. The summed E-state index contributed by atoms with van der Waals surface area (Å²) in [5.41, 5.74) is 0. The summed E-state index contributed by atoms with van der Waals surface area (Å²) in [4.78, 5) is 10.4. The number of halogens is 5. The van der Waals surface area contributed by atoms with Crippen LogP contribution in [0.4, 0.5) is 17.6 Å². The van der Waals surface area contributed by atoms with Crippen molar-refractivity contribution in [3.63, 3.8) is 0 Å². The van der Waals surface area contributed by atoms with Crippen molar-refractivity contribution >= 4 is 17.6 Å². The smallest absolute Gasteiger partial charge is 0.349 e. The minimum atomic E-state index is -4.36. The average molecular weight is 221 g/mol. The molecular formula is C6H5ClF4O2. The molecule has 0 aromatic rings. The topological polar surface area (TPSA) is 26.3 Å². The standard InChI is InChI=1S/C6H5ClF4O2/c1-3(7)4(12)13-2-6(10,11)5(8)9/h5H,1-2H2. The largest absolute Gasteiger partial charge is 0.455 e. The van der Waals surface area contributed by atoms with Gasteiger partial charge < -0.3 is 4.74 Å². The van der Waals surface area contributed by atoms with E-state index in [2.05, 4.69) is 11.3 Å². The van der Waals surface area contributed by atoms with Gasteiger partial charge in [-0.15, -0.1) is 0 Å². The molecule has 76 valence electrons. The minimum Gasteiger partial charge on any atom is -0.455 e. The van der Waals surface area contributed by atoms with E-state index in [1.54, 1.807) is 0 Å². The van der Waals surface area contributed by atoms with Crippen LogP contribution in [-0.4, -0.2) is 24.9 Å².